The van der Waals surface area contributed by atoms with Crippen molar-refractivity contribution in [2.75, 3.05) is 13.2 Å². The third-order valence-electron chi connectivity index (χ3n) is 3.49. The van der Waals surface area contributed by atoms with E-state index in [-0.39, 0.29) is 13.2 Å². The number of nitrogens with two attached hydrogens (primary N) is 1. The van der Waals surface area contributed by atoms with Crippen molar-refractivity contribution in [1.82, 2.24) is 0 Å². The van der Waals surface area contributed by atoms with Crippen LogP contribution in [0.4, 0.5) is 0 Å². The Morgan fingerprint density at radius 2 is 1.67 bits per heavy atom. The summed E-state index contributed by atoms with van der Waals surface area (Å²) in [5.74, 6) is -0.781. The molecule has 7 nitrogen and oxygen atoms in total. The maximum absolute atomic E-state index is 12.6. The normalized spacial score (nSPS) is 15.6. The van der Waals surface area contributed by atoms with E-state index < -0.39 is 19.7 Å². The molecule has 0 bridgehead atoms. The average Bonchev–Trinajstić information content (AvgIpc) is 2.57. The first-order chi connectivity index (χ1) is 11.5. The Hall–Kier alpha value is -2.18. The fraction of sp³-hybridized carbons (Fsp3) is 0.188. The molecule has 2 aromatic rings. The van der Waals surface area contributed by atoms with E-state index in [2.05, 4.69) is 4.52 Å². The van der Waals surface area contributed by atoms with Crippen LogP contribution in [-0.2, 0) is 18.4 Å². The lowest BCUT2D eigenvalue weighted by Crippen LogP contribution is -2.21. The van der Waals surface area contributed by atoms with E-state index in [1.54, 1.807) is 48.5 Å². The first-order valence-corrected chi connectivity index (χ1v) is 8.78. The molecule has 0 spiro atoms. The van der Waals surface area contributed by atoms with Gasteiger partial charge in [-0.2, -0.15) is 0 Å². The molecule has 0 fully saturated rings. The molecule has 1 unspecified atom stereocenters. The molecule has 0 saturated carbocycles. The minimum atomic E-state index is -4.53. The SMILES string of the molecule is NCCOP(=O)(O)OC(=O)C1c2ccccc2Oc2ccccc21. The summed E-state index contributed by atoms with van der Waals surface area (Å²) in [6.07, 6.45) is 0. The molecule has 0 aliphatic carbocycles. The molecule has 0 amide bonds. The van der Waals surface area contributed by atoms with Crippen LogP contribution in [0.15, 0.2) is 48.5 Å². The molecule has 126 valence electrons. The van der Waals surface area contributed by atoms with Gasteiger partial charge in [-0.05, 0) is 12.1 Å². The summed E-state index contributed by atoms with van der Waals surface area (Å²) in [5.41, 5.74) is 6.33. The van der Waals surface area contributed by atoms with Crippen molar-refractivity contribution in [3.8, 4) is 11.5 Å². The molecule has 1 aliphatic heterocycles. The molecule has 24 heavy (non-hydrogen) atoms. The molecule has 1 heterocycles. The number of para-hydroxylation sites is 2. The lowest BCUT2D eigenvalue weighted by molar-refractivity contribution is -0.136. The van der Waals surface area contributed by atoms with Gasteiger partial charge in [-0.25, -0.2) is 4.57 Å². The highest BCUT2D eigenvalue weighted by atomic mass is 31.2. The van der Waals surface area contributed by atoms with Crippen molar-refractivity contribution in [3.63, 3.8) is 0 Å². The number of fused-ring (bicyclic) bond motifs is 2. The summed E-state index contributed by atoms with van der Waals surface area (Å²) in [6.45, 7) is -0.160. The second-order valence-electron chi connectivity index (χ2n) is 5.11. The Labute approximate surface area is 138 Å². The lowest BCUT2D eigenvalue weighted by atomic mass is 9.88. The zero-order chi connectivity index (χ0) is 17.2. The van der Waals surface area contributed by atoms with Gasteiger partial charge in [-0.1, -0.05) is 36.4 Å². The van der Waals surface area contributed by atoms with Gasteiger partial charge in [0.15, 0.2) is 0 Å². The summed E-state index contributed by atoms with van der Waals surface area (Å²) in [7, 11) is -4.53. The summed E-state index contributed by atoms with van der Waals surface area (Å²) >= 11 is 0. The van der Waals surface area contributed by atoms with Crippen molar-refractivity contribution in [2.24, 2.45) is 5.73 Å². The molecular formula is C16H16NO6P. The van der Waals surface area contributed by atoms with Crippen LogP contribution in [0.25, 0.3) is 0 Å². The molecule has 0 radical (unpaired) electrons. The summed E-state index contributed by atoms with van der Waals surface area (Å²) in [4.78, 5) is 22.2. The first kappa shape index (κ1) is 16.7. The van der Waals surface area contributed by atoms with Crippen molar-refractivity contribution in [3.05, 3.63) is 59.7 Å². The monoisotopic (exact) mass is 349 g/mol. The highest BCUT2D eigenvalue weighted by Crippen LogP contribution is 2.49. The van der Waals surface area contributed by atoms with E-state index in [1.807, 2.05) is 0 Å². The van der Waals surface area contributed by atoms with Crippen LogP contribution in [0.1, 0.15) is 17.0 Å². The second kappa shape index (κ2) is 6.75. The fourth-order valence-corrected chi connectivity index (χ4v) is 3.25. The Morgan fingerprint density at radius 3 is 2.21 bits per heavy atom. The van der Waals surface area contributed by atoms with Gasteiger partial charge in [0.2, 0.25) is 0 Å². The number of phosphoric ester groups is 1. The zero-order valence-corrected chi connectivity index (χ0v) is 13.5. The number of ether oxygens (including phenoxy) is 1. The summed E-state index contributed by atoms with van der Waals surface area (Å²) in [6, 6.07) is 13.9. The van der Waals surface area contributed by atoms with Gasteiger partial charge in [-0.15, -0.1) is 0 Å². The number of benzene rings is 2. The fourth-order valence-electron chi connectivity index (χ4n) is 2.52. The van der Waals surface area contributed by atoms with Gasteiger partial charge in [0.25, 0.3) is 0 Å². The van der Waals surface area contributed by atoms with Crippen LogP contribution < -0.4 is 10.5 Å². The third-order valence-corrected chi connectivity index (χ3v) is 4.41. The number of hydrogen-bond donors (Lipinski definition) is 2. The van der Waals surface area contributed by atoms with Gasteiger partial charge in [-0.3, -0.25) is 14.2 Å². The van der Waals surface area contributed by atoms with Crippen LogP contribution in [0, 0.1) is 0 Å². The van der Waals surface area contributed by atoms with E-state index in [0.29, 0.717) is 22.6 Å². The van der Waals surface area contributed by atoms with E-state index in [0.717, 1.165) is 0 Å². The molecule has 1 aliphatic rings. The van der Waals surface area contributed by atoms with Crippen molar-refractivity contribution < 1.29 is 28.0 Å². The van der Waals surface area contributed by atoms with Gasteiger partial charge in [0, 0.05) is 17.7 Å². The summed E-state index contributed by atoms with van der Waals surface area (Å²) in [5, 5.41) is 0. The van der Waals surface area contributed by atoms with Crippen LogP contribution in [0.3, 0.4) is 0 Å². The Balaban J connectivity index is 1.95. The van der Waals surface area contributed by atoms with E-state index in [4.69, 9.17) is 15.0 Å². The quantitative estimate of drug-likeness (QED) is 0.799. The third kappa shape index (κ3) is 3.34. The Kier molecular flexibility index (Phi) is 4.69. The molecule has 3 N–H and O–H groups in total. The van der Waals surface area contributed by atoms with Crippen LogP contribution >= 0.6 is 7.82 Å². The van der Waals surface area contributed by atoms with Gasteiger partial charge < -0.3 is 15.0 Å². The average molecular weight is 349 g/mol. The molecule has 1 atom stereocenters. The second-order valence-corrected chi connectivity index (χ2v) is 6.49. The minimum absolute atomic E-state index is 0.0328. The Morgan fingerprint density at radius 1 is 1.12 bits per heavy atom. The van der Waals surface area contributed by atoms with Gasteiger partial charge >= 0.3 is 13.8 Å². The zero-order valence-electron chi connectivity index (χ0n) is 12.6. The number of rotatable bonds is 5. The van der Waals surface area contributed by atoms with Gasteiger partial charge in [0.05, 0.1) is 6.61 Å². The predicted molar refractivity (Wildman–Crippen MR) is 85.7 cm³/mol. The van der Waals surface area contributed by atoms with E-state index in [9.17, 15) is 14.3 Å². The van der Waals surface area contributed by atoms with Crippen LogP contribution in [-0.4, -0.2) is 24.0 Å². The number of carbonyl (C=O) groups excluding carboxylic acids is 1. The highest BCUT2D eigenvalue weighted by molar-refractivity contribution is 7.48. The largest absolute Gasteiger partial charge is 0.529 e. The van der Waals surface area contributed by atoms with Gasteiger partial charge in [0.1, 0.15) is 17.4 Å². The molecule has 8 heteroatoms. The van der Waals surface area contributed by atoms with Crippen molar-refractivity contribution in [2.45, 2.75) is 5.92 Å². The maximum Gasteiger partial charge on any atom is 0.529 e. The maximum atomic E-state index is 12.6. The standard InChI is InChI=1S/C16H16NO6P/c17-9-10-21-24(19,20)23-16(18)15-11-5-1-3-7-13(11)22-14-8-4-2-6-12(14)15/h1-8,15H,9-10,17H2,(H,19,20). The molecule has 0 saturated heterocycles. The van der Waals surface area contributed by atoms with Crippen molar-refractivity contribution >= 4 is 13.8 Å². The molecule has 2 aromatic carbocycles. The number of hydrogen-bond acceptors (Lipinski definition) is 6. The smallest absolute Gasteiger partial charge is 0.457 e. The topological polar surface area (TPSA) is 108 Å². The van der Waals surface area contributed by atoms with Crippen LogP contribution in [0.5, 0.6) is 11.5 Å². The Bertz CT molecular complexity index is 763. The molecule has 0 aromatic heterocycles. The molecule has 3 rings (SSSR count). The molecular weight excluding hydrogens is 333 g/mol. The van der Waals surface area contributed by atoms with Crippen molar-refractivity contribution in [1.29, 1.82) is 0 Å². The first-order valence-electron chi connectivity index (χ1n) is 7.28. The van der Waals surface area contributed by atoms with Crippen LogP contribution in [0.2, 0.25) is 0 Å². The lowest BCUT2D eigenvalue weighted by Gasteiger charge is -2.27. The number of phosphoric acid groups is 1. The number of carbonyl (C=O) groups is 1. The van der Waals surface area contributed by atoms with E-state index in [1.165, 1.54) is 0 Å². The summed E-state index contributed by atoms with van der Waals surface area (Å²) < 4.78 is 27.0. The predicted octanol–water partition coefficient (Wildman–Crippen LogP) is 2.54. The minimum Gasteiger partial charge on any atom is -0.457 e. The highest BCUT2D eigenvalue weighted by Gasteiger charge is 2.37. The van der Waals surface area contributed by atoms with E-state index >= 15 is 0 Å².